The number of furan rings is 1. The summed E-state index contributed by atoms with van der Waals surface area (Å²) in [5.74, 6) is 1.92. The number of anilines is 1. The van der Waals surface area contributed by atoms with E-state index in [1.54, 1.807) is 30.8 Å². The summed E-state index contributed by atoms with van der Waals surface area (Å²) in [6.07, 6.45) is 4.99. The maximum absolute atomic E-state index is 12.8. The fourth-order valence-corrected chi connectivity index (χ4v) is 4.13. The molecule has 8 heteroatoms. The van der Waals surface area contributed by atoms with Crippen LogP contribution < -0.4 is 4.90 Å². The minimum Gasteiger partial charge on any atom is -0.469 e. The lowest BCUT2D eigenvalue weighted by Crippen LogP contribution is -2.49. The summed E-state index contributed by atoms with van der Waals surface area (Å²) in [5.41, 5.74) is 5.38. The number of amides is 1. The Hall–Kier alpha value is -3.68. The van der Waals surface area contributed by atoms with Crippen LogP contribution in [0.5, 0.6) is 0 Å². The summed E-state index contributed by atoms with van der Waals surface area (Å²) in [4.78, 5) is 25.7. The average Bonchev–Trinajstić information content (AvgIpc) is 3.40. The van der Waals surface area contributed by atoms with Gasteiger partial charge in [0.1, 0.15) is 11.6 Å². The number of hydrogen-bond acceptors (Lipinski definition) is 6. The van der Waals surface area contributed by atoms with Crippen LogP contribution in [0.15, 0.2) is 47.3 Å². The summed E-state index contributed by atoms with van der Waals surface area (Å²) < 4.78 is 7.38. The van der Waals surface area contributed by atoms with Gasteiger partial charge in [0.2, 0.25) is 0 Å². The maximum Gasteiger partial charge on any atom is 0.254 e. The first-order valence-corrected chi connectivity index (χ1v) is 10.4. The van der Waals surface area contributed by atoms with E-state index in [2.05, 4.69) is 16.8 Å². The van der Waals surface area contributed by atoms with Crippen molar-refractivity contribution in [1.29, 1.82) is 0 Å². The van der Waals surface area contributed by atoms with Crippen molar-refractivity contribution < 1.29 is 9.21 Å². The Morgan fingerprint density at radius 2 is 1.77 bits per heavy atom. The van der Waals surface area contributed by atoms with Gasteiger partial charge in [0.15, 0.2) is 5.65 Å². The van der Waals surface area contributed by atoms with E-state index in [0.717, 1.165) is 52.8 Å². The molecule has 1 saturated heterocycles. The Bertz CT molecular complexity index is 1250. The molecular weight excluding hydrogens is 392 g/mol. The first kappa shape index (κ1) is 19.3. The number of rotatable bonds is 3. The first-order chi connectivity index (χ1) is 15.0. The van der Waals surface area contributed by atoms with E-state index in [1.165, 1.54) is 0 Å². The van der Waals surface area contributed by atoms with Crippen LogP contribution in [0, 0.1) is 20.8 Å². The van der Waals surface area contributed by atoms with Crippen molar-refractivity contribution in [2.24, 2.45) is 0 Å². The fraction of sp³-hybridized carbons (Fsp3) is 0.304. The van der Waals surface area contributed by atoms with Crippen LogP contribution >= 0.6 is 0 Å². The highest BCUT2D eigenvalue weighted by Gasteiger charge is 2.26. The molecule has 1 fully saturated rings. The Morgan fingerprint density at radius 3 is 2.45 bits per heavy atom. The molecule has 4 aromatic rings. The van der Waals surface area contributed by atoms with Crippen molar-refractivity contribution in [3.05, 3.63) is 65.5 Å². The van der Waals surface area contributed by atoms with Gasteiger partial charge in [-0.15, -0.1) is 0 Å². The molecule has 158 valence electrons. The number of fused-ring (bicyclic) bond motifs is 1. The van der Waals surface area contributed by atoms with Gasteiger partial charge in [-0.2, -0.15) is 9.61 Å². The third-order valence-corrected chi connectivity index (χ3v) is 5.98. The third kappa shape index (κ3) is 3.34. The molecule has 5 heterocycles. The molecule has 8 nitrogen and oxygen atoms in total. The van der Waals surface area contributed by atoms with E-state index >= 15 is 0 Å². The standard InChI is InChI=1S/C23H24N6O2/c1-15-16(2)25-21-14-20(19-6-13-31-17(19)3)26-29(21)22(15)27-9-11-28(12-10-27)23(30)18-4-7-24-8-5-18/h4-8,13-14H,9-12H2,1-3H3. The third-order valence-electron chi connectivity index (χ3n) is 5.98. The van der Waals surface area contributed by atoms with Crippen LogP contribution in [-0.4, -0.2) is 56.6 Å². The van der Waals surface area contributed by atoms with Gasteiger partial charge >= 0.3 is 0 Å². The molecule has 0 unspecified atom stereocenters. The molecule has 0 aromatic carbocycles. The van der Waals surface area contributed by atoms with Crippen LogP contribution in [0.25, 0.3) is 16.9 Å². The van der Waals surface area contributed by atoms with E-state index in [-0.39, 0.29) is 5.91 Å². The monoisotopic (exact) mass is 416 g/mol. The van der Waals surface area contributed by atoms with E-state index < -0.39 is 0 Å². The average molecular weight is 416 g/mol. The predicted octanol–water partition coefficient (Wildman–Crippen LogP) is 3.27. The zero-order valence-electron chi connectivity index (χ0n) is 17.9. The summed E-state index contributed by atoms with van der Waals surface area (Å²) >= 11 is 0. The van der Waals surface area contributed by atoms with Crippen LogP contribution in [-0.2, 0) is 0 Å². The Morgan fingerprint density at radius 1 is 1.03 bits per heavy atom. The molecule has 1 amide bonds. The summed E-state index contributed by atoms with van der Waals surface area (Å²) in [6.45, 7) is 8.81. The molecule has 1 aliphatic heterocycles. The second-order valence-corrected chi connectivity index (χ2v) is 7.85. The lowest BCUT2D eigenvalue weighted by Gasteiger charge is -2.36. The smallest absolute Gasteiger partial charge is 0.254 e. The molecule has 5 rings (SSSR count). The number of nitrogens with zero attached hydrogens (tertiary/aromatic N) is 6. The zero-order valence-corrected chi connectivity index (χ0v) is 17.9. The topological polar surface area (TPSA) is 79.8 Å². The fourth-order valence-electron chi connectivity index (χ4n) is 4.13. The van der Waals surface area contributed by atoms with Crippen molar-refractivity contribution >= 4 is 17.4 Å². The maximum atomic E-state index is 12.8. The molecule has 0 spiro atoms. The van der Waals surface area contributed by atoms with Gasteiger partial charge in [0.25, 0.3) is 5.91 Å². The van der Waals surface area contributed by atoms with Crippen LogP contribution in [0.3, 0.4) is 0 Å². The second kappa shape index (κ2) is 7.54. The molecule has 0 aliphatic carbocycles. The largest absolute Gasteiger partial charge is 0.469 e. The van der Waals surface area contributed by atoms with Crippen molar-refractivity contribution in [2.45, 2.75) is 20.8 Å². The molecular formula is C23H24N6O2. The summed E-state index contributed by atoms with van der Waals surface area (Å²) in [7, 11) is 0. The molecule has 0 radical (unpaired) electrons. The quantitative estimate of drug-likeness (QED) is 0.510. The van der Waals surface area contributed by atoms with Crippen molar-refractivity contribution in [2.75, 3.05) is 31.1 Å². The number of aromatic nitrogens is 4. The molecule has 0 N–H and O–H groups in total. The number of carbonyl (C=O) groups is 1. The van der Waals surface area contributed by atoms with Gasteiger partial charge in [-0.1, -0.05) is 0 Å². The zero-order chi connectivity index (χ0) is 21.5. The SMILES string of the molecule is Cc1nc2cc(-c3ccoc3C)nn2c(N2CCN(C(=O)c3ccncc3)CC2)c1C. The van der Waals surface area contributed by atoms with E-state index in [4.69, 9.17) is 14.5 Å². The van der Waals surface area contributed by atoms with Gasteiger partial charge in [0, 0.05) is 67.0 Å². The lowest BCUT2D eigenvalue weighted by molar-refractivity contribution is 0.0746. The minimum absolute atomic E-state index is 0.0478. The van der Waals surface area contributed by atoms with Gasteiger partial charge in [-0.25, -0.2) is 4.98 Å². The van der Waals surface area contributed by atoms with Crippen LogP contribution in [0.4, 0.5) is 5.82 Å². The van der Waals surface area contributed by atoms with Gasteiger partial charge in [-0.3, -0.25) is 9.78 Å². The molecule has 0 saturated carbocycles. The molecule has 4 aromatic heterocycles. The summed E-state index contributed by atoms with van der Waals surface area (Å²) in [5, 5.41) is 4.86. The minimum atomic E-state index is 0.0478. The van der Waals surface area contributed by atoms with E-state index in [9.17, 15) is 4.79 Å². The highest BCUT2D eigenvalue weighted by atomic mass is 16.3. The van der Waals surface area contributed by atoms with E-state index in [0.29, 0.717) is 18.7 Å². The van der Waals surface area contributed by atoms with Crippen molar-refractivity contribution in [1.82, 2.24) is 24.5 Å². The van der Waals surface area contributed by atoms with Gasteiger partial charge in [0.05, 0.1) is 12.0 Å². The van der Waals surface area contributed by atoms with Crippen LogP contribution in [0.2, 0.25) is 0 Å². The number of aryl methyl sites for hydroxylation is 2. The highest BCUT2D eigenvalue weighted by Crippen LogP contribution is 2.29. The van der Waals surface area contributed by atoms with Crippen molar-refractivity contribution in [3.63, 3.8) is 0 Å². The van der Waals surface area contributed by atoms with Crippen molar-refractivity contribution in [3.8, 4) is 11.3 Å². The number of piperazine rings is 1. The highest BCUT2D eigenvalue weighted by molar-refractivity contribution is 5.94. The number of hydrogen-bond donors (Lipinski definition) is 0. The molecule has 0 atom stereocenters. The Balaban J connectivity index is 1.45. The molecule has 0 bridgehead atoms. The normalized spacial score (nSPS) is 14.4. The second-order valence-electron chi connectivity index (χ2n) is 7.85. The number of pyridine rings is 1. The Labute approximate surface area is 180 Å². The van der Waals surface area contributed by atoms with Crippen LogP contribution in [0.1, 0.15) is 27.4 Å². The first-order valence-electron chi connectivity index (χ1n) is 10.4. The summed E-state index contributed by atoms with van der Waals surface area (Å²) in [6, 6.07) is 7.45. The van der Waals surface area contributed by atoms with E-state index in [1.807, 2.05) is 35.4 Å². The molecule has 31 heavy (non-hydrogen) atoms. The Kier molecular flexibility index (Phi) is 4.69. The molecule has 1 aliphatic rings. The lowest BCUT2D eigenvalue weighted by atomic mass is 10.2. The van der Waals surface area contributed by atoms with Gasteiger partial charge < -0.3 is 14.2 Å². The van der Waals surface area contributed by atoms with Gasteiger partial charge in [-0.05, 0) is 39.0 Å². The number of carbonyl (C=O) groups excluding carboxylic acids is 1. The predicted molar refractivity (Wildman–Crippen MR) is 117 cm³/mol.